The monoisotopic (exact) mass is 313 g/mol. The zero-order chi connectivity index (χ0) is 16.4. The van der Waals surface area contributed by atoms with Gasteiger partial charge in [-0.15, -0.1) is 0 Å². The zero-order valence-electron chi connectivity index (χ0n) is 12.4. The summed E-state index contributed by atoms with van der Waals surface area (Å²) in [6.45, 7) is 0.524. The van der Waals surface area contributed by atoms with Crippen LogP contribution < -0.4 is 0 Å². The molecular weight excluding hydrogens is 300 g/mol. The van der Waals surface area contributed by atoms with Gasteiger partial charge in [0.1, 0.15) is 12.4 Å². The van der Waals surface area contributed by atoms with E-state index in [0.29, 0.717) is 29.0 Å². The van der Waals surface area contributed by atoms with Gasteiger partial charge in [0.2, 0.25) is 0 Å². The van der Waals surface area contributed by atoms with Gasteiger partial charge in [0.05, 0.1) is 29.2 Å². The number of rotatable bonds is 4. The molecule has 0 atom stereocenters. The van der Waals surface area contributed by atoms with E-state index in [0.717, 1.165) is 17.7 Å². The van der Waals surface area contributed by atoms with Crippen molar-refractivity contribution in [1.82, 2.24) is 9.55 Å². The molecule has 6 heteroatoms. The van der Waals surface area contributed by atoms with E-state index in [4.69, 9.17) is 4.74 Å². The van der Waals surface area contributed by atoms with Crippen LogP contribution >= 0.6 is 0 Å². The van der Waals surface area contributed by atoms with Gasteiger partial charge >= 0.3 is 0 Å². The fraction of sp³-hybridized carbons (Fsp3) is 0.176. The fourth-order valence-corrected chi connectivity index (χ4v) is 2.52. The largest absolute Gasteiger partial charge is 0.377 e. The third-order valence-corrected chi connectivity index (χ3v) is 3.61. The minimum atomic E-state index is -0.941. The molecule has 0 bridgehead atoms. The second kappa shape index (κ2) is 6.15. The van der Waals surface area contributed by atoms with E-state index in [1.165, 1.54) is 7.11 Å². The number of nitriles is 1. The highest BCUT2D eigenvalue weighted by Crippen LogP contribution is 2.22. The van der Waals surface area contributed by atoms with Crippen LogP contribution in [0.5, 0.6) is 0 Å². The molecule has 116 valence electrons. The molecule has 0 unspecified atom stereocenters. The summed E-state index contributed by atoms with van der Waals surface area (Å²) >= 11 is 0. The van der Waals surface area contributed by atoms with Crippen LogP contribution in [0.4, 0.5) is 8.78 Å². The van der Waals surface area contributed by atoms with Gasteiger partial charge in [-0.1, -0.05) is 18.2 Å². The second-order valence-electron chi connectivity index (χ2n) is 5.07. The number of methoxy groups -OCH3 is 1. The van der Waals surface area contributed by atoms with Gasteiger partial charge in [-0.25, -0.2) is 13.8 Å². The van der Waals surface area contributed by atoms with E-state index in [9.17, 15) is 14.0 Å². The molecule has 1 aromatic heterocycles. The highest BCUT2D eigenvalue weighted by Gasteiger charge is 2.15. The lowest BCUT2D eigenvalue weighted by molar-refractivity contribution is 0.175. The van der Waals surface area contributed by atoms with Crippen molar-refractivity contribution in [3.63, 3.8) is 0 Å². The predicted octanol–water partition coefficient (Wildman–Crippen LogP) is 3.38. The highest BCUT2D eigenvalue weighted by molar-refractivity contribution is 5.76. The van der Waals surface area contributed by atoms with Crippen LogP contribution in [0.25, 0.3) is 11.0 Å². The van der Waals surface area contributed by atoms with Crippen molar-refractivity contribution in [2.24, 2.45) is 0 Å². The van der Waals surface area contributed by atoms with Gasteiger partial charge in [-0.05, 0) is 11.6 Å². The maximum atomic E-state index is 13.6. The molecular formula is C17H13F2N3O. The first-order valence-electron chi connectivity index (χ1n) is 6.95. The zero-order valence-corrected chi connectivity index (χ0v) is 12.4. The summed E-state index contributed by atoms with van der Waals surface area (Å²) in [5, 5.41) is 9.20. The third-order valence-electron chi connectivity index (χ3n) is 3.61. The van der Waals surface area contributed by atoms with Gasteiger partial charge in [-0.3, -0.25) is 0 Å². The maximum Gasteiger partial charge on any atom is 0.161 e. The first-order chi connectivity index (χ1) is 11.1. The summed E-state index contributed by atoms with van der Waals surface area (Å²) in [7, 11) is 1.52. The fourth-order valence-electron chi connectivity index (χ4n) is 2.52. The van der Waals surface area contributed by atoms with Gasteiger partial charge in [0.25, 0.3) is 0 Å². The summed E-state index contributed by atoms with van der Waals surface area (Å²) in [5.41, 5.74) is 2.12. The summed E-state index contributed by atoms with van der Waals surface area (Å²) < 4.78 is 33.9. The van der Waals surface area contributed by atoms with Gasteiger partial charge in [0.15, 0.2) is 11.6 Å². The van der Waals surface area contributed by atoms with Crippen LogP contribution in [0, 0.1) is 23.0 Å². The molecule has 0 spiro atoms. The standard InChI is InChI=1S/C17H13F2N3O/c1-23-10-17-21-15-6-13(18)14(19)7-16(15)22(17)9-12-5-3-2-4-11(12)8-20/h2-7H,9-10H2,1H3. The second-order valence-corrected chi connectivity index (χ2v) is 5.07. The van der Waals surface area contributed by atoms with E-state index in [1.807, 2.05) is 12.1 Å². The summed E-state index contributed by atoms with van der Waals surface area (Å²) in [4.78, 5) is 4.30. The number of aromatic nitrogens is 2. The lowest BCUT2D eigenvalue weighted by Crippen LogP contribution is -2.07. The molecule has 0 saturated heterocycles. The number of hydrogen-bond acceptors (Lipinski definition) is 3. The molecule has 4 nitrogen and oxygen atoms in total. The number of ether oxygens (including phenoxy) is 1. The van der Waals surface area contributed by atoms with Crippen LogP contribution in [0.15, 0.2) is 36.4 Å². The van der Waals surface area contributed by atoms with E-state index in [2.05, 4.69) is 11.1 Å². The lowest BCUT2D eigenvalue weighted by atomic mass is 10.1. The molecule has 1 heterocycles. The van der Waals surface area contributed by atoms with E-state index < -0.39 is 11.6 Å². The SMILES string of the molecule is COCc1nc2cc(F)c(F)cc2n1Cc1ccccc1C#N. The van der Waals surface area contributed by atoms with E-state index >= 15 is 0 Å². The first-order valence-corrected chi connectivity index (χ1v) is 6.95. The molecule has 0 saturated carbocycles. The van der Waals surface area contributed by atoms with Crippen molar-refractivity contribution >= 4 is 11.0 Å². The van der Waals surface area contributed by atoms with Crippen molar-refractivity contribution in [3.8, 4) is 6.07 Å². The molecule has 0 radical (unpaired) electrons. The predicted molar refractivity (Wildman–Crippen MR) is 80.6 cm³/mol. The van der Waals surface area contributed by atoms with Crippen LogP contribution in [-0.4, -0.2) is 16.7 Å². The Hall–Kier alpha value is -2.78. The van der Waals surface area contributed by atoms with Crippen LogP contribution in [-0.2, 0) is 17.9 Å². The Morgan fingerprint density at radius 3 is 2.70 bits per heavy atom. The normalized spacial score (nSPS) is 10.9. The van der Waals surface area contributed by atoms with Gasteiger partial charge in [0, 0.05) is 19.2 Å². The maximum absolute atomic E-state index is 13.6. The molecule has 3 aromatic rings. The third kappa shape index (κ3) is 2.79. The number of nitrogens with zero attached hydrogens (tertiary/aromatic N) is 3. The van der Waals surface area contributed by atoms with E-state index in [-0.39, 0.29) is 6.61 Å². The molecule has 0 N–H and O–H groups in total. The molecule has 0 fully saturated rings. The Bertz CT molecular complexity index is 912. The highest BCUT2D eigenvalue weighted by atomic mass is 19.2. The summed E-state index contributed by atoms with van der Waals surface area (Å²) in [6, 6.07) is 11.4. The van der Waals surface area contributed by atoms with Crippen molar-refractivity contribution in [2.75, 3.05) is 7.11 Å². The summed E-state index contributed by atoms with van der Waals surface area (Å²) in [6.07, 6.45) is 0. The quantitative estimate of drug-likeness (QED) is 0.742. The number of imidazole rings is 1. The Labute approximate surface area is 131 Å². The topological polar surface area (TPSA) is 50.8 Å². The lowest BCUT2D eigenvalue weighted by Gasteiger charge is -2.10. The van der Waals surface area contributed by atoms with Crippen LogP contribution in [0.1, 0.15) is 17.0 Å². The number of hydrogen-bond donors (Lipinski definition) is 0. The van der Waals surface area contributed by atoms with Crippen molar-refractivity contribution in [3.05, 3.63) is 65.0 Å². The van der Waals surface area contributed by atoms with Crippen LogP contribution in [0.3, 0.4) is 0 Å². The molecule has 2 aromatic carbocycles. The van der Waals surface area contributed by atoms with Crippen molar-refractivity contribution < 1.29 is 13.5 Å². The molecule has 0 aliphatic carbocycles. The minimum absolute atomic E-state index is 0.201. The average Bonchev–Trinajstić information content (AvgIpc) is 2.86. The molecule has 23 heavy (non-hydrogen) atoms. The molecule has 0 aliphatic heterocycles. The summed E-state index contributed by atoms with van der Waals surface area (Å²) in [5.74, 6) is -1.33. The van der Waals surface area contributed by atoms with Gasteiger partial charge in [-0.2, -0.15) is 5.26 Å². The Morgan fingerprint density at radius 1 is 1.22 bits per heavy atom. The Balaban J connectivity index is 2.16. The first kappa shape index (κ1) is 15.1. The van der Waals surface area contributed by atoms with Gasteiger partial charge < -0.3 is 9.30 Å². The average molecular weight is 313 g/mol. The number of benzene rings is 2. The smallest absolute Gasteiger partial charge is 0.161 e. The molecule has 0 aliphatic rings. The number of halogens is 2. The van der Waals surface area contributed by atoms with E-state index in [1.54, 1.807) is 16.7 Å². The molecule has 0 amide bonds. The minimum Gasteiger partial charge on any atom is -0.377 e. The van der Waals surface area contributed by atoms with Crippen molar-refractivity contribution in [2.45, 2.75) is 13.2 Å². The van der Waals surface area contributed by atoms with Crippen LogP contribution in [0.2, 0.25) is 0 Å². The van der Waals surface area contributed by atoms with Crippen molar-refractivity contribution in [1.29, 1.82) is 5.26 Å². The Morgan fingerprint density at radius 2 is 1.96 bits per heavy atom. The Kier molecular flexibility index (Phi) is 4.04. The number of fused-ring (bicyclic) bond motifs is 1. The molecule has 3 rings (SSSR count).